The van der Waals surface area contributed by atoms with Gasteiger partial charge < -0.3 is 4.42 Å². The molecule has 1 N–H and O–H groups in total. The molecular formula is C7H7NO4S. The van der Waals surface area contributed by atoms with Gasteiger partial charge in [-0.3, -0.25) is 4.79 Å². The second kappa shape index (κ2) is 2.14. The first-order valence-electron chi connectivity index (χ1n) is 3.60. The maximum Gasteiger partial charge on any atom is 0.269 e. The van der Waals surface area contributed by atoms with Crippen molar-refractivity contribution in [3.63, 3.8) is 0 Å². The standard InChI is InChI=1S/C7H7NO4S/c1-3-5-6(4(2)12-3)13(10,11)8-7(5)9/h1-2H3,(H,8,9). The van der Waals surface area contributed by atoms with Gasteiger partial charge >= 0.3 is 0 Å². The molecule has 1 amide bonds. The van der Waals surface area contributed by atoms with E-state index < -0.39 is 15.9 Å². The highest BCUT2D eigenvalue weighted by atomic mass is 32.2. The van der Waals surface area contributed by atoms with E-state index in [1.54, 1.807) is 6.92 Å². The SMILES string of the molecule is Cc1oc(C)c2c1C(=O)NS2(=O)=O. The zero-order chi connectivity index (χ0) is 9.80. The Morgan fingerprint density at radius 1 is 1.23 bits per heavy atom. The van der Waals surface area contributed by atoms with Crippen LogP contribution in [0.4, 0.5) is 0 Å². The predicted octanol–water partition coefficient (Wildman–Crippen LogP) is 0.329. The summed E-state index contributed by atoms with van der Waals surface area (Å²) < 4.78 is 29.6. The maximum atomic E-state index is 11.3. The molecule has 1 aromatic rings. The molecule has 6 heteroatoms. The molecule has 0 saturated carbocycles. The van der Waals surface area contributed by atoms with Crippen LogP contribution in [0.5, 0.6) is 0 Å². The Hall–Kier alpha value is -1.30. The van der Waals surface area contributed by atoms with Crippen molar-refractivity contribution in [2.75, 3.05) is 0 Å². The van der Waals surface area contributed by atoms with Crippen molar-refractivity contribution in [1.29, 1.82) is 0 Å². The van der Waals surface area contributed by atoms with Crippen LogP contribution in [0, 0.1) is 13.8 Å². The van der Waals surface area contributed by atoms with Gasteiger partial charge in [-0.25, -0.2) is 13.1 Å². The third-order valence-electron chi connectivity index (χ3n) is 1.93. The summed E-state index contributed by atoms with van der Waals surface area (Å²) >= 11 is 0. The van der Waals surface area contributed by atoms with Crippen molar-refractivity contribution < 1.29 is 17.6 Å². The average molecular weight is 201 g/mol. The van der Waals surface area contributed by atoms with E-state index in [-0.39, 0.29) is 16.2 Å². The Bertz CT molecular complexity index is 497. The molecule has 13 heavy (non-hydrogen) atoms. The second-order valence-corrected chi connectivity index (χ2v) is 4.47. The molecule has 70 valence electrons. The summed E-state index contributed by atoms with van der Waals surface area (Å²) in [5, 5.41) is 0. The quantitative estimate of drug-likeness (QED) is 0.656. The number of carbonyl (C=O) groups is 1. The van der Waals surface area contributed by atoms with Crippen LogP contribution in [-0.2, 0) is 10.0 Å². The topological polar surface area (TPSA) is 76.4 Å². The van der Waals surface area contributed by atoms with E-state index in [1.807, 2.05) is 4.72 Å². The Balaban J connectivity index is 2.91. The van der Waals surface area contributed by atoms with Gasteiger partial charge in [0, 0.05) is 0 Å². The largest absolute Gasteiger partial charge is 0.464 e. The number of furan rings is 1. The first kappa shape index (κ1) is 8.31. The van der Waals surface area contributed by atoms with Crippen LogP contribution in [0.25, 0.3) is 0 Å². The highest BCUT2D eigenvalue weighted by Gasteiger charge is 2.38. The number of amides is 1. The summed E-state index contributed by atoms with van der Waals surface area (Å²) in [5.74, 6) is -0.0127. The van der Waals surface area contributed by atoms with Gasteiger partial charge in [-0.2, -0.15) is 0 Å². The van der Waals surface area contributed by atoms with Gasteiger partial charge in [0.25, 0.3) is 15.9 Å². The van der Waals surface area contributed by atoms with Crippen LogP contribution >= 0.6 is 0 Å². The van der Waals surface area contributed by atoms with Gasteiger partial charge in [0.15, 0.2) is 0 Å². The monoisotopic (exact) mass is 201 g/mol. The molecule has 0 spiro atoms. The Labute approximate surface area is 74.8 Å². The summed E-state index contributed by atoms with van der Waals surface area (Å²) in [7, 11) is -3.66. The molecule has 5 nitrogen and oxygen atoms in total. The third kappa shape index (κ3) is 0.918. The Morgan fingerprint density at radius 3 is 2.38 bits per heavy atom. The summed E-state index contributed by atoms with van der Waals surface area (Å²) in [6.07, 6.45) is 0. The zero-order valence-electron chi connectivity index (χ0n) is 7.04. The van der Waals surface area contributed by atoms with Crippen molar-refractivity contribution in [3.05, 3.63) is 17.1 Å². The average Bonchev–Trinajstić information content (AvgIpc) is 2.35. The summed E-state index contributed by atoms with van der Waals surface area (Å²) in [4.78, 5) is 11.1. The molecular weight excluding hydrogens is 194 g/mol. The first-order valence-corrected chi connectivity index (χ1v) is 5.09. The van der Waals surface area contributed by atoms with Crippen LogP contribution in [0.3, 0.4) is 0 Å². The van der Waals surface area contributed by atoms with Crippen molar-refractivity contribution in [2.24, 2.45) is 0 Å². The Morgan fingerprint density at radius 2 is 1.85 bits per heavy atom. The van der Waals surface area contributed by atoms with E-state index in [9.17, 15) is 13.2 Å². The number of fused-ring (bicyclic) bond motifs is 1. The number of rotatable bonds is 0. The van der Waals surface area contributed by atoms with E-state index in [2.05, 4.69) is 0 Å². The second-order valence-electron chi connectivity index (χ2n) is 2.85. The molecule has 1 aromatic heterocycles. The minimum atomic E-state index is -3.66. The van der Waals surface area contributed by atoms with Gasteiger partial charge in [-0.15, -0.1) is 0 Å². The number of hydrogen-bond donors (Lipinski definition) is 1. The molecule has 0 bridgehead atoms. The Kier molecular flexibility index (Phi) is 1.37. The summed E-state index contributed by atoms with van der Waals surface area (Å²) in [6, 6.07) is 0. The van der Waals surface area contributed by atoms with Crippen molar-refractivity contribution in [1.82, 2.24) is 4.72 Å². The van der Waals surface area contributed by atoms with Crippen LogP contribution in [0.1, 0.15) is 21.9 Å². The molecule has 0 aromatic carbocycles. The van der Waals surface area contributed by atoms with Crippen molar-refractivity contribution in [2.45, 2.75) is 18.7 Å². The van der Waals surface area contributed by atoms with Crippen LogP contribution in [0.2, 0.25) is 0 Å². The van der Waals surface area contributed by atoms with Crippen LogP contribution in [0.15, 0.2) is 9.31 Å². The van der Waals surface area contributed by atoms with Gasteiger partial charge in [0.1, 0.15) is 22.0 Å². The molecule has 0 saturated heterocycles. The van der Waals surface area contributed by atoms with Crippen LogP contribution < -0.4 is 4.72 Å². The molecule has 0 radical (unpaired) electrons. The molecule has 0 aliphatic carbocycles. The number of sulfonamides is 1. The maximum absolute atomic E-state index is 11.3. The lowest BCUT2D eigenvalue weighted by atomic mass is 10.2. The fraction of sp³-hybridized carbons (Fsp3) is 0.286. The number of hydrogen-bond acceptors (Lipinski definition) is 4. The van der Waals surface area contributed by atoms with E-state index in [0.717, 1.165) is 0 Å². The smallest absolute Gasteiger partial charge is 0.269 e. The highest BCUT2D eigenvalue weighted by molar-refractivity contribution is 7.90. The zero-order valence-corrected chi connectivity index (χ0v) is 7.86. The minimum Gasteiger partial charge on any atom is -0.464 e. The van der Waals surface area contributed by atoms with Gasteiger partial charge in [0.05, 0.1) is 0 Å². The van der Waals surface area contributed by atoms with E-state index in [4.69, 9.17) is 4.42 Å². The van der Waals surface area contributed by atoms with Gasteiger partial charge in [0.2, 0.25) is 0 Å². The lowest BCUT2D eigenvalue weighted by Gasteiger charge is -1.93. The summed E-state index contributed by atoms with van der Waals surface area (Å²) in [5.41, 5.74) is 0.137. The molecule has 1 aliphatic rings. The lowest BCUT2D eigenvalue weighted by Crippen LogP contribution is -2.21. The van der Waals surface area contributed by atoms with E-state index >= 15 is 0 Å². The van der Waals surface area contributed by atoms with Gasteiger partial charge in [-0.1, -0.05) is 0 Å². The van der Waals surface area contributed by atoms with Gasteiger partial charge in [-0.05, 0) is 13.8 Å². The molecule has 2 heterocycles. The fourth-order valence-corrected chi connectivity index (χ4v) is 2.85. The normalized spacial score (nSPS) is 18.5. The molecule has 0 unspecified atom stereocenters. The fourth-order valence-electron chi connectivity index (χ4n) is 1.47. The first-order chi connectivity index (χ1) is 5.93. The molecule has 2 rings (SSSR count). The number of aryl methyl sites for hydroxylation is 2. The van der Waals surface area contributed by atoms with E-state index in [0.29, 0.717) is 5.76 Å². The van der Waals surface area contributed by atoms with E-state index in [1.165, 1.54) is 6.92 Å². The minimum absolute atomic E-state index is 0.0185. The molecule has 0 fully saturated rings. The van der Waals surface area contributed by atoms with Crippen molar-refractivity contribution in [3.8, 4) is 0 Å². The highest BCUT2D eigenvalue weighted by Crippen LogP contribution is 2.30. The van der Waals surface area contributed by atoms with Crippen LogP contribution in [-0.4, -0.2) is 14.3 Å². The number of nitrogens with one attached hydrogen (secondary N) is 1. The number of carbonyl (C=O) groups excluding carboxylic acids is 1. The summed E-state index contributed by atoms with van der Waals surface area (Å²) in [6.45, 7) is 3.08. The third-order valence-corrected chi connectivity index (χ3v) is 3.41. The predicted molar refractivity (Wildman–Crippen MR) is 42.8 cm³/mol. The molecule has 1 aliphatic heterocycles. The lowest BCUT2D eigenvalue weighted by molar-refractivity contribution is 0.0983. The molecule has 0 atom stereocenters. The van der Waals surface area contributed by atoms with Crippen molar-refractivity contribution >= 4 is 15.9 Å².